The fourth-order valence-electron chi connectivity index (χ4n) is 0.415. The van der Waals surface area contributed by atoms with Crippen LogP contribution in [0.4, 0.5) is 4.39 Å². The number of hydrogen-bond acceptors (Lipinski definition) is 4. The molecule has 0 aliphatic heterocycles. The predicted molar refractivity (Wildman–Crippen MR) is 54.1 cm³/mol. The van der Waals surface area contributed by atoms with E-state index in [-0.39, 0.29) is 5.82 Å². The van der Waals surface area contributed by atoms with Crippen LogP contribution in [0.1, 0.15) is 0 Å². The van der Waals surface area contributed by atoms with E-state index in [2.05, 4.69) is 0 Å². The molecule has 1 aromatic carbocycles. The third-order valence-corrected chi connectivity index (χ3v) is 0.733. The third kappa shape index (κ3) is 38.3. The minimum absolute atomic E-state index is 0.178. The summed E-state index contributed by atoms with van der Waals surface area (Å²) in [7, 11) is -6.75. The zero-order chi connectivity index (χ0) is 13.2. The molecule has 16 heavy (non-hydrogen) atoms. The van der Waals surface area contributed by atoms with E-state index in [1.807, 2.05) is 0 Å². The van der Waals surface area contributed by atoms with Gasteiger partial charge in [-0.2, -0.15) is 0 Å². The lowest BCUT2D eigenvalue weighted by atomic mass is 10.4. The van der Waals surface area contributed by atoms with Crippen LogP contribution in [0.2, 0.25) is 0 Å². The van der Waals surface area contributed by atoms with Crippen molar-refractivity contribution in [2.45, 2.75) is 0 Å². The predicted octanol–water partition coefficient (Wildman–Crippen LogP) is 0.615. The summed E-state index contributed by atoms with van der Waals surface area (Å²) in [6, 6.07) is 7.94. The molecule has 0 amide bonds. The monoisotopic (exact) mass is 272 g/mol. The van der Waals surface area contributed by atoms with Gasteiger partial charge in [-0.25, -0.2) is 4.39 Å². The normalized spacial score (nSPS) is 9.00. The van der Waals surface area contributed by atoms with Crippen molar-refractivity contribution in [1.82, 2.24) is 0 Å². The molecule has 0 saturated heterocycles. The fourth-order valence-corrected chi connectivity index (χ4v) is 0.415. The maximum Gasteiger partial charge on any atom is 0.425 e. The summed E-state index contributed by atoms with van der Waals surface area (Å²) in [6.07, 6.45) is 0. The number of rotatable bonds is 0. The second-order valence-electron chi connectivity index (χ2n) is 2.34. The highest BCUT2D eigenvalue weighted by Gasteiger charge is 1.95. The Hall–Kier alpha value is -1.08. The molecule has 0 radical (unpaired) electrons. The Labute approximate surface area is 93.0 Å². The molecule has 0 aliphatic carbocycles. The van der Waals surface area contributed by atoms with Crippen LogP contribution in [0.15, 0.2) is 30.3 Å². The summed E-state index contributed by atoms with van der Waals surface area (Å²) in [5, 5.41) is 0. The van der Waals surface area contributed by atoms with Crippen molar-refractivity contribution < 1.29 is 31.4 Å². The molecule has 0 aromatic heterocycles. The average molecular weight is 272 g/mol. The summed E-state index contributed by atoms with van der Waals surface area (Å²) in [5.74, 6) is -0.178. The van der Waals surface area contributed by atoms with Crippen LogP contribution in [-0.4, -0.2) is 29.1 Å². The van der Waals surface area contributed by atoms with Crippen molar-refractivity contribution >= 4 is 18.2 Å². The van der Waals surface area contributed by atoms with Gasteiger partial charge in [0.15, 0.2) is 0 Å². The van der Waals surface area contributed by atoms with E-state index in [9.17, 15) is 8.96 Å². The van der Waals surface area contributed by atoms with Crippen molar-refractivity contribution in [3.8, 4) is 0 Å². The topological polar surface area (TPSA) is 109 Å². The Kier molecular flexibility index (Phi) is 9.92. The fraction of sp³-hybridized carbons (Fsp3) is 0.143. The van der Waals surface area contributed by atoms with Crippen LogP contribution in [0.3, 0.4) is 0 Å². The van der Waals surface area contributed by atoms with Gasteiger partial charge in [0.25, 0.3) is 0 Å². The first kappa shape index (κ1) is 17.3. The molecule has 0 bridgehead atoms. The lowest BCUT2D eigenvalue weighted by Gasteiger charge is -1.84. The van der Waals surface area contributed by atoms with Gasteiger partial charge in [0.1, 0.15) is 5.82 Å². The molecule has 0 saturated carbocycles. The van der Waals surface area contributed by atoms with E-state index in [0.717, 1.165) is 6.66 Å². The van der Waals surface area contributed by atoms with Crippen LogP contribution in [-0.2, 0) is 15.2 Å². The van der Waals surface area contributed by atoms with E-state index < -0.39 is 18.2 Å². The van der Waals surface area contributed by atoms with Crippen molar-refractivity contribution in [2.75, 3.05) is 6.66 Å². The van der Waals surface area contributed by atoms with Crippen LogP contribution in [0, 0.1) is 5.82 Å². The molecule has 2 N–H and O–H groups in total. The second-order valence-corrected chi connectivity index (χ2v) is 4.41. The smallest absolute Gasteiger partial charge is 0.325 e. The third-order valence-electron chi connectivity index (χ3n) is 0.733. The summed E-state index contributed by atoms with van der Waals surface area (Å²) in [4.78, 5) is 15.3. The molecule has 0 unspecified atom stereocenters. The number of hydrogen-bond donors (Lipinski definition) is 2. The molecular weight excluding hydrogens is 262 g/mol. The molecule has 9 heteroatoms. The molecule has 0 spiro atoms. The van der Waals surface area contributed by atoms with Crippen molar-refractivity contribution in [1.29, 1.82) is 0 Å². The highest BCUT2D eigenvalue weighted by molar-refractivity contribution is 7.59. The van der Waals surface area contributed by atoms with Crippen LogP contribution in [0.5, 0.6) is 0 Å². The van der Waals surface area contributed by atoms with Crippen molar-refractivity contribution in [3.05, 3.63) is 36.1 Å². The van der Waals surface area contributed by atoms with Gasteiger partial charge in [0.05, 0.1) is 0 Å². The van der Waals surface area contributed by atoms with E-state index >= 15 is 0 Å². The van der Waals surface area contributed by atoms with Gasteiger partial charge < -0.3 is 9.79 Å². The lowest BCUT2D eigenvalue weighted by molar-refractivity contribution is 0.381. The first-order valence-electron chi connectivity index (χ1n) is 3.63. The minimum Gasteiger partial charge on any atom is -0.325 e. The molecule has 0 heterocycles. The molecule has 1 rings (SSSR count). The Morgan fingerprint density at radius 1 is 1.12 bits per heavy atom. The highest BCUT2D eigenvalue weighted by atomic mass is 32.2. The van der Waals surface area contributed by atoms with Crippen LogP contribution in [0.25, 0.3) is 0 Å². The second kappa shape index (κ2) is 9.17. The van der Waals surface area contributed by atoms with Crippen molar-refractivity contribution in [3.63, 3.8) is 0 Å². The first-order valence-corrected chi connectivity index (χ1v) is 6.69. The summed E-state index contributed by atoms with van der Waals surface area (Å²) < 4.78 is 46.6. The van der Waals surface area contributed by atoms with Gasteiger partial charge in [-0.15, -0.1) is 12.6 Å². The van der Waals surface area contributed by atoms with Gasteiger partial charge in [-0.1, -0.05) is 18.2 Å². The zero-order valence-corrected chi connectivity index (χ0v) is 9.86. The summed E-state index contributed by atoms with van der Waals surface area (Å²) in [6.45, 7) is 0.854. The quantitative estimate of drug-likeness (QED) is 0.670. The van der Waals surface area contributed by atoms with E-state index in [1.165, 1.54) is 12.1 Å². The highest BCUT2D eigenvalue weighted by Crippen LogP contribution is 2.26. The first-order chi connectivity index (χ1) is 7.13. The largest absolute Gasteiger partial charge is 0.425 e. The lowest BCUT2D eigenvalue weighted by Crippen LogP contribution is -1.64. The molecule has 0 atom stereocenters. The van der Waals surface area contributed by atoms with Gasteiger partial charge in [-0.3, -0.25) is 4.57 Å². The summed E-state index contributed by atoms with van der Waals surface area (Å²) in [5.41, 5.74) is 0. The molecule has 1 aromatic rings. The molecule has 92 valence electrons. The maximum atomic E-state index is 11.9. The zero-order valence-electron chi connectivity index (χ0n) is 8.15. The minimum atomic E-state index is -3.64. The Morgan fingerprint density at radius 3 is 1.50 bits per heavy atom. The van der Waals surface area contributed by atoms with Gasteiger partial charge >= 0.3 is 18.2 Å². The average Bonchev–Trinajstić information content (AvgIpc) is 2.00. The van der Waals surface area contributed by atoms with Crippen LogP contribution < -0.4 is 0 Å². The number of benzene rings is 1. The van der Waals surface area contributed by atoms with Gasteiger partial charge in [0, 0.05) is 6.66 Å². The molecular formula is C7H10FO6PS. The van der Waals surface area contributed by atoms with E-state index in [1.54, 1.807) is 18.2 Å². The number of halogens is 1. The Bertz CT molecular complexity index is 409. The molecule has 0 aliphatic rings. The van der Waals surface area contributed by atoms with Gasteiger partial charge in [-0.05, 0) is 12.1 Å². The van der Waals surface area contributed by atoms with E-state index in [4.69, 9.17) is 22.4 Å². The molecule has 6 nitrogen and oxygen atoms in total. The van der Waals surface area contributed by atoms with E-state index in [0.29, 0.717) is 0 Å². The Morgan fingerprint density at radius 2 is 1.38 bits per heavy atom. The SMILES string of the molecule is CP(=O)(O)O.Fc1ccccc1.O=S(=O)=O. The standard InChI is InChI=1S/C6H5F.CH5O3P.O3S/c7-6-4-2-1-3-5-6;1-5(2,3)4;1-4(2)3/h1-5H;1H3,(H2,2,3,4);. The molecule has 0 fully saturated rings. The Balaban J connectivity index is 0. The van der Waals surface area contributed by atoms with Crippen LogP contribution >= 0.6 is 7.60 Å². The maximum absolute atomic E-state index is 11.9. The van der Waals surface area contributed by atoms with Gasteiger partial charge in [0.2, 0.25) is 0 Å². The van der Waals surface area contributed by atoms with Crippen molar-refractivity contribution in [2.24, 2.45) is 0 Å². The summed E-state index contributed by atoms with van der Waals surface area (Å²) >= 11 is 0.